The summed E-state index contributed by atoms with van der Waals surface area (Å²) in [6.07, 6.45) is 1.52. The smallest absolute Gasteiger partial charge is 0.129 e. The minimum absolute atomic E-state index is 0.500. The predicted octanol–water partition coefficient (Wildman–Crippen LogP) is 4.64. The third-order valence-corrected chi connectivity index (χ3v) is 0.715. The Hall–Kier alpha value is -0.440. The van der Waals surface area contributed by atoms with E-state index in [9.17, 15) is 0 Å². The summed E-state index contributed by atoms with van der Waals surface area (Å²) >= 11 is 1.35. The number of hydrogen-bond donors (Lipinski definition) is 0. The van der Waals surface area contributed by atoms with Crippen LogP contribution >= 0.6 is 11.5 Å². The summed E-state index contributed by atoms with van der Waals surface area (Å²) in [4.78, 5) is 3.63. The Morgan fingerprint density at radius 3 is 1.20 bits per heavy atom. The first-order valence-corrected chi connectivity index (χ1v) is 6.03. The standard InChI is InChI=1S/2C5H12.C2H2N2S/c2*1-5(2,3)4;1-3-2-5-4-1/h2*1-4H3;1-2H. The van der Waals surface area contributed by atoms with Gasteiger partial charge in [0.2, 0.25) is 0 Å². The number of rotatable bonds is 0. The molecule has 0 radical (unpaired) electrons. The van der Waals surface area contributed by atoms with E-state index in [2.05, 4.69) is 64.7 Å². The maximum absolute atomic E-state index is 3.65. The van der Waals surface area contributed by atoms with Gasteiger partial charge in [0.05, 0.1) is 0 Å². The highest BCUT2D eigenvalue weighted by atomic mass is 32.1. The van der Waals surface area contributed by atoms with Crippen LogP contribution in [0.25, 0.3) is 0 Å². The van der Waals surface area contributed by atoms with Crippen LogP contribution in [0.2, 0.25) is 0 Å². The Bertz CT molecular complexity index is 163. The fraction of sp³-hybridized carbons (Fsp3) is 0.833. The lowest BCUT2D eigenvalue weighted by atomic mass is 10.0. The van der Waals surface area contributed by atoms with Crippen LogP contribution in [0, 0.1) is 10.8 Å². The summed E-state index contributed by atoms with van der Waals surface area (Å²) in [6, 6.07) is 0. The normalized spacial score (nSPS) is 10.7. The van der Waals surface area contributed by atoms with Gasteiger partial charge in [-0.1, -0.05) is 55.4 Å². The molecular formula is C12H26N2S. The second kappa shape index (κ2) is 7.80. The van der Waals surface area contributed by atoms with Gasteiger partial charge in [-0.25, -0.2) is 4.98 Å². The molecule has 0 aromatic carbocycles. The van der Waals surface area contributed by atoms with Crippen molar-refractivity contribution in [2.45, 2.75) is 55.4 Å². The Morgan fingerprint density at radius 1 is 0.800 bits per heavy atom. The number of nitrogens with zero attached hydrogens (tertiary/aromatic N) is 2. The molecule has 0 aliphatic carbocycles. The van der Waals surface area contributed by atoms with Crippen molar-refractivity contribution in [2.75, 3.05) is 0 Å². The highest BCUT2D eigenvalue weighted by molar-refractivity contribution is 7.03. The first kappa shape index (κ1) is 17.0. The molecule has 90 valence electrons. The molecule has 15 heavy (non-hydrogen) atoms. The van der Waals surface area contributed by atoms with Crippen molar-refractivity contribution >= 4 is 11.5 Å². The topological polar surface area (TPSA) is 25.8 Å². The van der Waals surface area contributed by atoms with Crippen molar-refractivity contribution in [2.24, 2.45) is 10.8 Å². The van der Waals surface area contributed by atoms with Gasteiger partial charge in [0.25, 0.3) is 0 Å². The number of aromatic nitrogens is 2. The van der Waals surface area contributed by atoms with Crippen LogP contribution in [-0.4, -0.2) is 9.36 Å². The van der Waals surface area contributed by atoms with E-state index in [1.165, 1.54) is 17.9 Å². The van der Waals surface area contributed by atoms with Crippen LogP contribution in [0.1, 0.15) is 55.4 Å². The minimum Gasteiger partial charge on any atom is -0.231 e. The van der Waals surface area contributed by atoms with Crippen molar-refractivity contribution in [3.8, 4) is 0 Å². The fourth-order valence-electron chi connectivity index (χ4n) is 0.136. The quantitative estimate of drug-likeness (QED) is 0.648. The molecule has 0 aliphatic rings. The molecule has 1 heterocycles. The van der Waals surface area contributed by atoms with Gasteiger partial charge in [-0.3, -0.25) is 0 Å². The predicted molar refractivity (Wildman–Crippen MR) is 70.2 cm³/mol. The molecule has 1 aromatic heterocycles. The van der Waals surface area contributed by atoms with Crippen molar-refractivity contribution in [1.29, 1.82) is 0 Å². The maximum Gasteiger partial charge on any atom is 0.129 e. The fourth-order valence-corrected chi connectivity index (χ4v) is 0.408. The molecule has 0 spiro atoms. The summed E-state index contributed by atoms with van der Waals surface area (Å²) < 4.78 is 3.65. The summed E-state index contributed by atoms with van der Waals surface area (Å²) in [6.45, 7) is 17.5. The summed E-state index contributed by atoms with van der Waals surface area (Å²) in [7, 11) is 0. The van der Waals surface area contributed by atoms with E-state index in [4.69, 9.17) is 0 Å². The van der Waals surface area contributed by atoms with Crippen LogP contribution < -0.4 is 0 Å². The molecule has 0 atom stereocenters. The molecule has 1 rings (SSSR count). The van der Waals surface area contributed by atoms with Crippen LogP contribution in [0.4, 0.5) is 0 Å². The van der Waals surface area contributed by atoms with E-state index < -0.39 is 0 Å². The van der Waals surface area contributed by atoms with Crippen molar-refractivity contribution < 1.29 is 0 Å². The van der Waals surface area contributed by atoms with Gasteiger partial charge in [-0.05, 0) is 22.4 Å². The third kappa shape index (κ3) is 87.1. The summed E-state index contributed by atoms with van der Waals surface area (Å²) in [5.41, 5.74) is 2.68. The Labute approximate surface area is 99.3 Å². The molecule has 0 amide bonds. The second-order valence-electron chi connectivity index (χ2n) is 6.58. The van der Waals surface area contributed by atoms with Crippen LogP contribution in [0.5, 0.6) is 0 Å². The van der Waals surface area contributed by atoms with Gasteiger partial charge in [0, 0.05) is 0 Å². The molecule has 0 N–H and O–H groups in total. The maximum atomic E-state index is 3.65. The molecule has 0 saturated carbocycles. The zero-order chi connectivity index (χ0) is 12.5. The van der Waals surface area contributed by atoms with Gasteiger partial charge in [-0.2, -0.15) is 4.37 Å². The molecule has 0 fully saturated rings. The van der Waals surface area contributed by atoms with E-state index >= 15 is 0 Å². The van der Waals surface area contributed by atoms with E-state index in [0.717, 1.165) is 0 Å². The average molecular weight is 230 g/mol. The minimum atomic E-state index is 0.500. The van der Waals surface area contributed by atoms with Gasteiger partial charge in [-0.15, -0.1) is 0 Å². The van der Waals surface area contributed by atoms with Crippen molar-refractivity contribution in [1.82, 2.24) is 9.36 Å². The molecule has 0 aliphatic heterocycles. The molecular weight excluding hydrogens is 204 g/mol. The Morgan fingerprint density at radius 2 is 1.13 bits per heavy atom. The van der Waals surface area contributed by atoms with E-state index in [0.29, 0.717) is 10.8 Å². The monoisotopic (exact) mass is 230 g/mol. The first-order chi connectivity index (χ1) is 6.50. The lowest BCUT2D eigenvalue weighted by molar-refractivity contribution is 0.469. The van der Waals surface area contributed by atoms with Crippen LogP contribution in [-0.2, 0) is 0 Å². The Kier molecular flexibility index (Phi) is 8.83. The molecule has 0 unspecified atom stereocenters. The molecule has 1 aromatic rings. The average Bonchev–Trinajstić information content (AvgIpc) is 2.28. The third-order valence-electron chi connectivity index (χ3n) is 0.283. The first-order valence-electron chi connectivity index (χ1n) is 5.19. The van der Waals surface area contributed by atoms with E-state index in [-0.39, 0.29) is 0 Å². The Balaban J connectivity index is 0. The van der Waals surface area contributed by atoms with Gasteiger partial charge < -0.3 is 0 Å². The number of hydrogen-bond acceptors (Lipinski definition) is 3. The van der Waals surface area contributed by atoms with Gasteiger partial charge >= 0.3 is 0 Å². The van der Waals surface area contributed by atoms with Crippen LogP contribution in [0.3, 0.4) is 0 Å². The zero-order valence-electron chi connectivity index (χ0n) is 11.5. The highest BCUT2D eigenvalue weighted by Gasteiger charge is 1.96. The van der Waals surface area contributed by atoms with Gasteiger partial charge in [0.1, 0.15) is 11.8 Å². The van der Waals surface area contributed by atoms with Gasteiger partial charge in [0.15, 0.2) is 0 Å². The SMILES string of the molecule is CC(C)(C)C.CC(C)(C)C.c1ncsn1. The van der Waals surface area contributed by atoms with E-state index in [1.807, 2.05) is 0 Å². The molecule has 3 heteroatoms. The molecule has 0 bridgehead atoms. The lowest BCUT2D eigenvalue weighted by Crippen LogP contribution is -1.93. The zero-order valence-corrected chi connectivity index (χ0v) is 12.3. The summed E-state index contributed by atoms with van der Waals surface area (Å²) in [5, 5.41) is 0. The highest BCUT2D eigenvalue weighted by Crippen LogP contribution is 2.08. The largest absolute Gasteiger partial charge is 0.231 e. The van der Waals surface area contributed by atoms with Crippen molar-refractivity contribution in [3.63, 3.8) is 0 Å². The second-order valence-corrected chi connectivity index (χ2v) is 7.21. The van der Waals surface area contributed by atoms with Crippen molar-refractivity contribution in [3.05, 3.63) is 11.8 Å². The van der Waals surface area contributed by atoms with E-state index in [1.54, 1.807) is 5.51 Å². The lowest BCUT2D eigenvalue weighted by Gasteiger charge is -2.05. The van der Waals surface area contributed by atoms with Crippen LogP contribution in [0.15, 0.2) is 11.8 Å². The summed E-state index contributed by atoms with van der Waals surface area (Å²) in [5.74, 6) is 0. The molecule has 0 saturated heterocycles. The molecule has 2 nitrogen and oxygen atoms in total.